The van der Waals surface area contributed by atoms with E-state index in [1.165, 1.54) is 539 Å². The molecule has 1 aromatic rings. The lowest BCUT2D eigenvalue weighted by Crippen LogP contribution is -2.08. The van der Waals surface area contributed by atoms with Crippen LogP contribution >= 0.6 is 0 Å². The van der Waals surface area contributed by atoms with Crippen molar-refractivity contribution in [2.75, 3.05) is 19.8 Å². The Bertz CT molecular complexity index is 1740. The summed E-state index contributed by atoms with van der Waals surface area (Å²) in [5.74, 6) is 0.721. The number of hydrogen-bond donors (Lipinski definition) is 1. The van der Waals surface area contributed by atoms with E-state index >= 15 is 0 Å². The van der Waals surface area contributed by atoms with Crippen LogP contribution in [0.4, 0.5) is 0 Å². The lowest BCUT2D eigenvalue weighted by molar-refractivity contribution is 0.0695. The monoisotopic (exact) mass is 1520 g/mol. The first-order chi connectivity index (χ1) is 53.6. The van der Waals surface area contributed by atoms with Crippen molar-refractivity contribution in [3.05, 3.63) is 17.7 Å². The SMILES string of the molecule is CCCCCCCCCCCCCCCCCCCCCCCCCCCCCCCCOc1cc(C(=O)O)cc(OCCCCCCCCCCCCCCCCCCCCCCCCCCCCCCCC)c1OCCCCCCCCCCCCCCCCCCCCCCCCCCCCCCCC. The van der Waals surface area contributed by atoms with E-state index in [9.17, 15) is 9.90 Å². The largest absolute Gasteiger partial charge is 0.490 e. The fourth-order valence-electron chi connectivity index (χ4n) is 17.0. The quantitative estimate of drug-likeness (QED) is 0.0659. The van der Waals surface area contributed by atoms with E-state index in [0.717, 1.165) is 38.5 Å². The molecule has 0 fully saturated rings. The Labute approximate surface area is 679 Å². The van der Waals surface area contributed by atoms with Gasteiger partial charge in [0, 0.05) is 0 Å². The van der Waals surface area contributed by atoms with Gasteiger partial charge >= 0.3 is 5.97 Å². The molecule has 0 heterocycles. The molecule has 0 radical (unpaired) electrons. The first-order valence-electron chi connectivity index (χ1n) is 50.9. The molecule has 0 saturated carbocycles. The molecule has 0 spiro atoms. The molecule has 0 saturated heterocycles. The average Bonchev–Trinajstić information content (AvgIpc) is 0.819. The molecule has 1 N–H and O–H groups in total. The second-order valence-electron chi connectivity index (χ2n) is 35.4. The maximum Gasteiger partial charge on any atom is 0.335 e. The van der Waals surface area contributed by atoms with Gasteiger partial charge in [-0.15, -0.1) is 0 Å². The summed E-state index contributed by atoms with van der Waals surface area (Å²) >= 11 is 0. The van der Waals surface area contributed by atoms with Crippen molar-refractivity contribution < 1.29 is 24.1 Å². The lowest BCUT2D eigenvalue weighted by Gasteiger charge is -2.18. The maximum absolute atomic E-state index is 12.5. The second-order valence-corrected chi connectivity index (χ2v) is 35.4. The van der Waals surface area contributed by atoms with Gasteiger partial charge in [0.1, 0.15) is 0 Å². The summed E-state index contributed by atoms with van der Waals surface area (Å²) in [6, 6.07) is 3.36. The van der Waals surface area contributed by atoms with Crippen LogP contribution in [0.15, 0.2) is 12.1 Å². The zero-order valence-corrected chi connectivity index (χ0v) is 74.5. The van der Waals surface area contributed by atoms with Crippen LogP contribution in [0.2, 0.25) is 0 Å². The fourth-order valence-corrected chi connectivity index (χ4v) is 17.0. The zero-order chi connectivity index (χ0) is 77.2. The Kier molecular flexibility index (Phi) is 88.9. The molecule has 108 heavy (non-hydrogen) atoms. The van der Waals surface area contributed by atoms with Crippen molar-refractivity contribution in [2.45, 2.75) is 599 Å². The molecular weight excluding hydrogens is 1320 g/mol. The minimum atomic E-state index is -0.950. The summed E-state index contributed by atoms with van der Waals surface area (Å²) in [6.07, 6.45) is 126. The van der Waals surface area contributed by atoms with Crippen molar-refractivity contribution in [2.24, 2.45) is 0 Å². The van der Waals surface area contributed by atoms with Gasteiger partial charge in [-0.1, -0.05) is 579 Å². The summed E-state index contributed by atoms with van der Waals surface area (Å²) in [5, 5.41) is 10.2. The van der Waals surface area contributed by atoms with Crippen LogP contribution in [-0.4, -0.2) is 30.9 Å². The Balaban J connectivity index is 2.30. The lowest BCUT2D eigenvalue weighted by atomic mass is 10.0. The molecule has 0 aliphatic heterocycles. The molecule has 0 aliphatic rings. The van der Waals surface area contributed by atoms with E-state index in [1.54, 1.807) is 12.1 Å². The highest BCUT2D eigenvalue weighted by Crippen LogP contribution is 2.40. The van der Waals surface area contributed by atoms with Crippen LogP contribution in [-0.2, 0) is 0 Å². The summed E-state index contributed by atoms with van der Waals surface area (Å²) in [5.41, 5.74) is 0.213. The van der Waals surface area contributed by atoms with E-state index < -0.39 is 5.97 Å². The first kappa shape index (κ1) is 104. The number of hydrogen-bond acceptors (Lipinski definition) is 4. The molecular formula is C103H198O5. The van der Waals surface area contributed by atoms with Crippen LogP contribution in [0.3, 0.4) is 0 Å². The fraction of sp³-hybridized carbons (Fsp3) is 0.932. The van der Waals surface area contributed by atoms with Gasteiger partial charge in [-0.25, -0.2) is 4.79 Å². The molecule has 0 aromatic heterocycles. The molecule has 640 valence electrons. The van der Waals surface area contributed by atoms with Gasteiger partial charge in [0.25, 0.3) is 0 Å². The van der Waals surface area contributed by atoms with Crippen LogP contribution < -0.4 is 14.2 Å². The molecule has 5 nitrogen and oxygen atoms in total. The molecule has 5 heteroatoms. The summed E-state index contributed by atoms with van der Waals surface area (Å²) in [4.78, 5) is 12.5. The zero-order valence-electron chi connectivity index (χ0n) is 74.5. The summed E-state index contributed by atoms with van der Waals surface area (Å²) in [6.45, 7) is 8.66. The Morgan fingerprint density at radius 2 is 0.296 bits per heavy atom. The third kappa shape index (κ3) is 80.7. The highest BCUT2D eigenvalue weighted by Gasteiger charge is 2.19. The third-order valence-corrected chi connectivity index (χ3v) is 24.5. The van der Waals surface area contributed by atoms with Gasteiger partial charge in [0.2, 0.25) is 5.75 Å². The minimum absolute atomic E-state index is 0.213. The predicted molar refractivity (Wildman–Crippen MR) is 482 cm³/mol. The third-order valence-electron chi connectivity index (χ3n) is 24.5. The van der Waals surface area contributed by atoms with Gasteiger partial charge in [-0.2, -0.15) is 0 Å². The number of ether oxygens (including phenoxy) is 3. The van der Waals surface area contributed by atoms with E-state index in [4.69, 9.17) is 14.2 Å². The first-order valence-corrected chi connectivity index (χ1v) is 50.9. The average molecular weight is 1520 g/mol. The number of rotatable bonds is 97. The van der Waals surface area contributed by atoms with E-state index in [-0.39, 0.29) is 5.56 Å². The van der Waals surface area contributed by atoms with E-state index in [2.05, 4.69) is 20.8 Å². The number of carboxylic acid groups (broad SMARTS) is 1. The van der Waals surface area contributed by atoms with Crippen LogP contribution in [0.1, 0.15) is 609 Å². The van der Waals surface area contributed by atoms with Crippen molar-refractivity contribution in [3.63, 3.8) is 0 Å². The van der Waals surface area contributed by atoms with Crippen molar-refractivity contribution in [3.8, 4) is 17.2 Å². The molecule has 0 aliphatic carbocycles. The number of benzene rings is 1. The van der Waals surface area contributed by atoms with Gasteiger partial charge in [-0.3, -0.25) is 0 Å². The van der Waals surface area contributed by atoms with Crippen molar-refractivity contribution >= 4 is 5.97 Å². The normalized spacial score (nSPS) is 11.7. The number of carboxylic acids is 1. The predicted octanol–water partition coefficient (Wildman–Crippen LogP) is 37.7. The smallest absolute Gasteiger partial charge is 0.335 e. The van der Waals surface area contributed by atoms with Crippen LogP contribution in [0.5, 0.6) is 17.2 Å². The molecule has 0 unspecified atom stereocenters. The number of unbranched alkanes of at least 4 members (excludes halogenated alkanes) is 87. The Morgan fingerprint density at radius 1 is 0.185 bits per heavy atom. The topological polar surface area (TPSA) is 65.0 Å². The highest BCUT2D eigenvalue weighted by atomic mass is 16.5. The number of aromatic carboxylic acids is 1. The van der Waals surface area contributed by atoms with E-state index in [0.29, 0.717) is 37.1 Å². The van der Waals surface area contributed by atoms with Gasteiger partial charge < -0.3 is 19.3 Å². The second kappa shape index (κ2) is 92.3. The summed E-state index contributed by atoms with van der Waals surface area (Å²) < 4.78 is 19.5. The standard InChI is InChI=1S/C103H198O5/c1-4-7-10-13-16-19-22-25-28-31-34-37-40-43-46-49-52-55-58-61-64-67-70-73-76-79-82-85-88-91-94-106-100-97-99(103(104)105)98-101(107-95-92-89-86-83-80-77-74-71-68-65-62-59-56-53-50-47-44-41-38-35-32-29-26-23-20-17-14-11-8-5-2)102(100)108-96-93-90-87-84-81-78-75-72-69-66-63-60-57-54-51-48-45-42-39-36-33-30-27-24-21-18-15-12-9-6-3/h97-98H,4-96H2,1-3H3,(H,104,105). The van der Waals surface area contributed by atoms with Crippen molar-refractivity contribution in [1.29, 1.82) is 0 Å². The van der Waals surface area contributed by atoms with E-state index in [1.807, 2.05) is 0 Å². The molecule has 0 atom stereocenters. The molecule has 0 bridgehead atoms. The Hall–Kier alpha value is -1.91. The maximum atomic E-state index is 12.5. The molecule has 0 amide bonds. The van der Waals surface area contributed by atoms with Gasteiger partial charge in [0.15, 0.2) is 11.5 Å². The summed E-state index contributed by atoms with van der Waals surface area (Å²) in [7, 11) is 0. The minimum Gasteiger partial charge on any atom is -0.490 e. The highest BCUT2D eigenvalue weighted by molar-refractivity contribution is 5.89. The number of carbonyl (C=O) groups is 1. The van der Waals surface area contributed by atoms with Gasteiger partial charge in [-0.05, 0) is 31.4 Å². The van der Waals surface area contributed by atoms with Crippen molar-refractivity contribution in [1.82, 2.24) is 0 Å². The molecule has 1 rings (SSSR count). The van der Waals surface area contributed by atoms with Gasteiger partial charge in [0.05, 0.1) is 25.4 Å². The molecule has 1 aromatic carbocycles. The van der Waals surface area contributed by atoms with Crippen LogP contribution in [0.25, 0.3) is 0 Å². The Morgan fingerprint density at radius 3 is 0.417 bits per heavy atom. The van der Waals surface area contributed by atoms with Crippen LogP contribution in [0, 0.1) is 0 Å².